The second-order valence-electron chi connectivity index (χ2n) is 3.80. The lowest BCUT2D eigenvalue weighted by atomic mass is 10.2. The molecule has 2 aromatic rings. The zero-order chi connectivity index (χ0) is 15.6. The van der Waals surface area contributed by atoms with E-state index in [1.165, 1.54) is 0 Å². The summed E-state index contributed by atoms with van der Waals surface area (Å²) in [5.74, 6) is -3.55. The van der Waals surface area contributed by atoms with E-state index in [-0.39, 0.29) is 11.6 Å². The average Bonchev–Trinajstić information content (AvgIpc) is 2.87. The highest BCUT2D eigenvalue weighted by molar-refractivity contribution is 6.06. The number of hydrogen-bond donors (Lipinski definition) is 2. The Morgan fingerprint density at radius 2 is 2.14 bits per heavy atom. The molecule has 0 aliphatic heterocycles. The minimum Gasteiger partial charge on any atom is -0.475 e. The van der Waals surface area contributed by atoms with Crippen LogP contribution in [0.2, 0.25) is 0 Å². The van der Waals surface area contributed by atoms with Crippen LogP contribution < -0.4 is 10.1 Å². The van der Waals surface area contributed by atoms with Gasteiger partial charge < -0.3 is 10.1 Å². The molecule has 0 radical (unpaired) electrons. The molecule has 2 rings (SSSR count). The first-order valence-electron chi connectivity index (χ1n) is 5.47. The number of aromatic nitrogens is 2. The number of anilines is 1. The molecule has 8 nitrogen and oxygen atoms in total. The smallest absolute Gasteiger partial charge is 0.362 e. The zero-order valence-electron chi connectivity index (χ0n) is 10.5. The van der Waals surface area contributed by atoms with Gasteiger partial charge in [0, 0.05) is 11.8 Å². The van der Waals surface area contributed by atoms with E-state index in [1.54, 1.807) is 0 Å². The zero-order valence-corrected chi connectivity index (χ0v) is 10.5. The molecule has 0 fully saturated rings. The van der Waals surface area contributed by atoms with Crippen molar-refractivity contribution in [3.8, 4) is 5.88 Å². The summed E-state index contributed by atoms with van der Waals surface area (Å²) >= 11 is 0. The predicted octanol–water partition coefficient (Wildman–Crippen LogP) is 1.86. The van der Waals surface area contributed by atoms with Gasteiger partial charge >= 0.3 is 11.6 Å². The molecule has 0 bridgehead atoms. The summed E-state index contributed by atoms with van der Waals surface area (Å²) < 4.78 is 30.4. The van der Waals surface area contributed by atoms with Crippen LogP contribution >= 0.6 is 0 Å². The van der Waals surface area contributed by atoms with Crippen molar-refractivity contribution in [3.63, 3.8) is 0 Å². The molecule has 2 N–H and O–H groups in total. The molecule has 21 heavy (non-hydrogen) atoms. The molecular formula is C11H8F2N4O4. The Balaban J connectivity index is 2.30. The fraction of sp³-hybridized carbons (Fsp3) is 0.0909. The number of benzene rings is 1. The van der Waals surface area contributed by atoms with Gasteiger partial charge in [0.15, 0.2) is 11.6 Å². The van der Waals surface area contributed by atoms with Crippen molar-refractivity contribution < 1.29 is 23.2 Å². The summed E-state index contributed by atoms with van der Waals surface area (Å²) in [6.45, 7) is 0. The monoisotopic (exact) mass is 298 g/mol. The average molecular weight is 298 g/mol. The van der Waals surface area contributed by atoms with Crippen molar-refractivity contribution in [1.82, 2.24) is 10.2 Å². The van der Waals surface area contributed by atoms with Gasteiger partial charge in [-0.2, -0.15) is 0 Å². The molecule has 110 valence electrons. The molecule has 1 aromatic carbocycles. The van der Waals surface area contributed by atoms with E-state index in [1.807, 2.05) is 0 Å². The third kappa shape index (κ3) is 2.78. The normalized spacial score (nSPS) is 10.2. The number of nitrogens with one attached hydrogen (secondary N) is 2. The minimum atomic E-state index is -1.16. The van der Waals surface area contributed by atoms with Gasteiger partial charge in [-0.3, -0.25) is 20.0 Å². The predicted molar refractivity (Wildman–Crippen MR) is 66.1 cm³/mol. The number of rotatable bonds is 4. The van der Waals surface area contributed by atoms with Crippen molar-refractivity contribution in [2.24, 2.45) is 0 Å². The molecule has 10 heteroatoms. The first-order valence-corrected chi connectivity index (χ1v) is 5.47. The number of aromatic amines is 1. The molecule has 0 saturated heterocycles. The number of methoxy groups -OCH3 is 1. The summed E-state index contributed by atoms with van der Waals surface area (Å²) in [7, 11) is 1.15. The van der Waals surface area contributed by atoms with Crippen LogP contribution in [0.4, 0.5) is 20.2 Å². The highest BCUT2D eigenvalue weighted by atomic mass is 19.2. The number of halogens is 2. The molecular weight excluding hydrogens is 290 g/mol. The lowest BCUT2D eigenvalue weighted by Gasteiger charge is -2.03. The number of nitrogens with zero attached hydrogens (tertiary/aromatic N) is 2. The first-order chi connectivity index (χ1) is 9.93. The third-order valence-corrected chi connectivity index (χ3v) is 2.49. The number of ether oxygens (including phenoxy) is 1. The maximum absolute atomic E-state index is 13.0. The number of amides is 1. The lowest BCUT2D eigenvalue weighted by molar-refractivity contribution is -0.386. The van der Waals surface area contributed by atoms with Gasteiger partial charge in [0.1, 0.15) is 0 Å². The fourth-order valence-corrected chi connectivity index (χ4v) is 1.56. The molecule has 0 aliphatic carbocycles. The first kappa shape index (κ1) is 14.4. The van der Waals surface area contributed by atoms with Crippen molar-refractivity contribution in [2.45, 2.75) is 0 Å². The Kier molecular flexibility index (Phi) is 3.78. The van der Waals surface area contributed by atoms with Gasteiger partial charge in [-0.05, 0) is 12.1 Å². The van der Waals surface area contributed by atoms with Crippen LogP contribution in [0.1, 0.15) is 10.5 Å². The minimum absolute atomic E-state index is 0.0678. The Labute approximate surface area is 115 Å². The summed E-state index contributed by atoms with van der Waals surface area (Å²) in [5, 5.41) is 18.7. The van der Waals surface area contributed by atoms with Crippen LogP contribution in [-0.4, -0.2) is 28.1 Å². The second kappa shape index (κ2) is 5.53. The summed E-state index contributed by atoms with van der Waals surface area (Å²) in [6, 6.07) is 2.66. The van der Waals surface area contributed by atoms with Crippen molar-refractivity contribution in [2.75, 3.05) is 12.4 Å². The molecule has 0 saturated carbocycles. The second-order valence-corrected chi connectivity index (χ2v) is 3.80. The summed E-state index contributed by atoms with van der Waals surface area (Å²) in [6.07, 6.45) is 0. The van der Waals surface area contributed by atoms with Crippen LogP contribution in [0.3, 0.4) is 0 Å². The fourth-order valence-electron chi connectivity index (χ4n) is 1.56. The number of H-pyrrole nitrogens is 1. The number of nitro groups is 1. The van der Waals surface area contributed by atoms with Gasteiger partial charge in [0.05, 0.1) is 12.0 Å². The summed E-state index contributed by atoms with van der Waals surface area (Å²) in [4.78, 5) is 22.0. The van der Waals surface area contributed by atoms with Gasteiger partial charge in [0.2, 0.25) is 5.69 Å². The molecule has 1 heterocycles. The molecule has 0 spiro atoms. The Morgan fingerprint density at radius 3 is 2.71 bits per heavy atom. The quantitative estimate of drug-likeness (QED) is 0.661. The molecule has 1 aromatic heterocycles. The van der Waals surface area contributed by atoms with E-state index in [4.69, 9.17) is 0 Å². The Morgan fingerprint density at radius 1 is 1.43 bits per heavy atom. The van der Waals surface area contributed by atoms with E-state index in [9.17, 15) is 23.7 Å². The Bertz CT molecular complexity index is 716. The van der Waals surface area contributed by atoms with Gasteiger partial charge in [-0.15, -0.1) is 5.10 Å². The highest BCUT2D eigenvalue weighted by Gasteiger charge is 2.30. The van der Waals surface area contributed by atoms with Crippen LogP contribution in [0, 0.1) is 21.7 Å². The van der Waals surface area contributed by atoms with E-state index < -0.39 is 33.8 Å². The largest absolute Gasteiger partial charge is 0.475 e. The maximum atomic E-state index is 13.0. The van der Waals surface area contributed by atoms with E-state index in [0.29, 0.717) is 0 Å². The van der Waals surface area contributed by atoms with Crippen molar-refractivity contribution >= 4 is 17.3 Å². The maximum Gasteiger partial charge on any atom is 0.362 e. The van der Waals surface area contributed by atoms with E-state index in [2.05, 4.69) is 20.3 Å². The molecule has 1 amide bonds. The van der Waals surface area contributed by atoms with Crippen LogP contribution in [-0.2, 0) is 0 Å². The number of hydrogen-bond acceptors (Lipinski definition) is 5. The van der Waals surface area contributed by atoms with Gasteiger partial charge in [0.25, 0.3) is 5.91 Å². The molecule has 0 unspecified atom stereocenters. The van der Waals surface area contributed by atoms with Gasteiger partial charge in [-0.25, -0.2) is 8.78 Å². The molecule has 0 atom stereocenters. The third-order valence-electron chi connectivity index (χ3n) is 2.49. The van der Waals surface area contributed by atoms with E-state index in [0.717, 1.165) is 25.3 Å². The topological polar surface area (TPSA) is 110 Å². The highest BCUT2D eigenvalue weighted by Crippen LogP contribution is 2.28. The van der Waals surface area contributed by atoms with Crippen LogP contribution in [0.15, 0.2) is 18.2 Å². The van der Waals surface area contributed by atoms with Crippen LogP contribution in [0.5, 0.6) is 5.88 Å². The van der Waals surface area contributed by atoms with Crippen molar-refractivity contribution in [3.05, 3.63) is 45.6 Å². The SMILES string of the molecule is COc1n[nH]c(C(=O)Nc2ccc(F)c(F)c2)c1[N+](=O)[O-]. The molecule has 0 aliphatic rings. The van der Waals surface area contributed by atoms with Gasteiger partial charge in [-0.1, -0.05) is 0 Å². The van der Waals surface area contributed by atoms with Crippen LogP contribution in [0.25, 0.3) is 0 Å². The standard InChI is InChI=1S/C11H8F2N4O4/c1-21-11-9(17(19)20)8(15-16-11)10(18)14-5-2-3-6(12)7(13)4-5/h2-4H,1H3,(H,14,18)(H,15,16). The van der Waals surface area contributed by atoms with Crippen molar-refractivity contribution in [1.29, 1.82) is 0 Å². The summed E-state index contributed by atoms with van der Waals surface area (Å²) in [5.41, 5.74) is -1.19. The van der Waals surface area contributed by atoms with E-state index >= 15 is 0 Å². The Hall–Kier alpha value is -3.04. The lowest BCUT2D eigenvalue weighted by Crippen LogP contribution is -2.14. The number of carbonyl (C=O) groups excluding carboxylic acids is 1. The number of carbonyl (C=O) groups is 1.